The number of nitrogens with zero attached hydrogens (tertiary/aromatic N) is 9. The SMILES string of the molecule is COc1ccc(Cn2c(=O)n3ncnc3c3cc(CN4C[C@@H](C)N[C@@H](C)C4)sc32)cc1.O=c1n(Cc2ccc(F)cc2)c2sc3c(c2c2ncnn12)CCOC3. The maximum atomic E-state index is 13.2. The highest BCUT2D eigenvalue weighted by Crippen LogP contribution is 2.36. The van der Waals surface area contributed by atoms with Gasteiger partial charge in [-0.15, -0.1) is 22.7 Å². The fourth-order valence-corrected chi connectivity index (χ4v) is 10.2. The molecule has 8 aromatic rings. The van der Waals surface area contributed by atoms with Crippen LogP contribution in [0.4, 0.5) is 4.39 Å². The molecule has 0 aliphatic carbocycles. The van der Waals surface area contributed by atoms with E-state index in [9.17, 15) is 14.0 Å². The highest BCUT2D eigenvalue weighted by Gasteiger charge is 2.25. The van der Waals surface area contributed by atoms with Gasteiger partial charge in [0.15, 0.2) is 11.3 Å². The molecule has 1 saturated heterocycles. The van der Waals surface area contributed by atoms with Gasteiger partial charge < -0.3 is 14.8 Å². The number of rotatable bonds is 7. The number of hydrogen-bond acceptors (Lipinski definition) is 12. The summed E-state index contributed by atoms with van der Waals surface area (Å²) in [7, 11) is 1.65. The maximum absolute atomic E-state index is 13.2. The quantitative estimate of drug-likeness (QED) is 0.242. The predicted octanol–water partition coefficient (Wildman–Crippen LogP) is 4.71. The molecule has 6 aromatic heterocycles. The van der Waals surface area contributed by atoms with Gasteiger partial charge >= 0.3 is 11.4 Å². The first-order valence-corrected chi connectivity index (χ1v) is 20.0. The van der Waals surface area contributed by atoms with Gasteiger partial charge in [-0.05, 0) is 67.3 Å². The monoisotopic (exact) mass is 794 g/mol. The molecule has 56 heavy (non-hydrogen) atoms. The van der Waals surface area contributed by atoms with E-state index in [-0.39, 0.29) is 17.2 Å². The molecule has 0 radical (unpaired) electrons. The van der Waals surface area contributed by atoms with Crippen molar-refractivity contribution in [1.29, 1.82) is 0 Å². The largest absolute Gasteiger partial charge is 0.497 e. The summed E-state index contributed by atoms with van der Waals surface area (Å²) in [6.45, 7) is 9.37. The number of aromatic nitrogens is 8. The first-order chi connectivity index (χ1) is 27.2. The zero-order valence-electron chi connectivity index (χ0n) is 31.0. The standard InChI is InChI=1S/C22H26N6O2S.C17H13FN4O2S/c1-14-9-26(10-15(2)25-14)12-18-8-19-20-23-13-24-28(20)22(29)27(21(19)31-18)11-16-4-6-17(30-3)7-5-16;18-11-3-1-10(2-4-11)7-21-16-14(12-5-6-24-8-13(12)25-16)15-19-9-20-22(15)17(21)23/h4-8,13-15,25H,9-12H2,1-3H3;1-4,9H,5-8H2/t14-,15+;. The molecule has 1 N–H and O–H groups in total. The molecule has 10 rings (SSSR count). The van der Waals surface area contributed by atoms with Crippen LogP contribution in [0.2, 0.25) is 0 Å². The average Bonchev–Trinajstić information content (AvgIpc) is 4.01. The van der Waals surface area contributed by atoms with Gasteiger partial charge in [-0.1, -0.05) is 24.3 Å². The average molecular weight is 795 g/mol. The van der Waals surface area contributed by atoms with Crippen LogP contribution in [-0.2, 0) is 37.4 Å². The number of benzene rings is 2. The fraction of sp³-hybridized carbons (Fsp3) is 0.333. The van der Waals surface area contributed by atoms with Crippen LogP contribution in [0.1, 0.15) is 40.3 Å². The fourth-order valence-electron chi connectivity index (χ4n) is 7.78. The summed E-state index contributed by atoms with van der Waals surface area (Å²) >= 11 is 3.24. The summed E-state index contributed by atoms with van der Waals surface area (Å²) in [5.74, 6) is 0.502. The Kier molecular flexibility index (Phi) is 9.70. The third kappa shape index (κ3) is 6.79. The third-order valence-electron chi connectivity index (χ3n) is 10.2. The van der Waals surface area contributed by atoms with Gasteiger partial charge in [-0.2, -0.15) is 19.2 Å². The summed E-state index contributed by atoms with van der Waals surface area (Å²) < 4.78 is 30.2. The molecule has 2 aliphatic heterocycles. The summed E-state index contributed by atoms with van der Waals surface area (Å²) in [5, 5.41) is 13.8. The summed E-state index contributed by atoms with van der Waals surface area (Å²) in [6, 6.07) is 17.1. The molecule has 2 atom stereocenters. The molecule has 14 nitrogen and oxygen atoms in total. The Bertz CT molecular complexity index is 2810. The molecule has 2 aliphatic rings. The minimum Gasteiger partial charge on any atom is -0.497 e. The Morgan fingerprint density at radius 1 is 0.839 bits per heavy atom. The van der Waals surface area contributed by atoms with E-state index in [1.54, 1.807) is 51.1 Å². The lowest BCUT2D eigenvalue weighted by molar-refractivity contribution is 0.114. The van der Waals surface area contributed by atoms with Crippen LogP contribution in [0.25, 0.3) is 31.7 Å². The van der Waals surface area contributed by atoms with Crippen molar-refractivity contribution in [2.24, 2.45) is 0 Å². The normalized spacial score (nSPS) is 17.4. The Balaban J connectivity index is 0.000000149. The van der Waals surface area contributed by atoms with Gasteiger partial charge in [-0.3, -0.25) is 14.0 Å². The summed E-state index contributed by atoms with van der Waals surface area (Å²) in [4.78, 5) is 41.4. The minimum absolute atomic E-state index is 0.173. The number of piperazine rings is 1. The van der Waals surface area contributed by atoms with Crippen molar-refractivity contribution in [2.45, 2.75) is 58.6 Å². The van der Waals surface area contributed by atoms with Gasteiger partial charge in [0.25, 0.3) is 0 Å². The van der Waals surface area contributed by atoms with Gasteiger partial charge in [0, 0.05) is 41.5 Å². The molecule has 288 valence electrons. The molecule has 0 spiro atoms. The number of hydrogen-bond donors (Lipinski definition) is 1. The van der Waals surface area contributed by atoms with E-state index >= 15 is 0 Å². The molecule has 1 fully saturated rings. The molecule has 2 aromatic carbocycles. The topological polar surface area (TPSA) is 138 Å². The highest BCUT2D eigenvalue weighted by atomic mass is 32.1. The molecule has 17 heteroatoms. The van der Waals surface area contributed by atoms with Crippen molar-refractivity contribution in [3.8, 4) is 5.75 Å². The Morgan fingerprint density at radius 3 is 2.14 bits per heavy atom. The molecule has 0 saturated carbocycles. The van der Waals surface area contributed by atoms with Gasteiger partial charge in [-0.25, -0.2) is 23.9 Å². The zero-order chi connectivity index (χ0) is 38.5. The van der Waals surface area contributed by atoms with E-state index in [2.05, 4.69) is 50.3 Å². The molecule has 0 bridgehead atoms. The van der Waals surface area contributed by atoms with Crippen LogP contribution in [0.15, 0.2) is 76.8 Å². The lowest BCUT2D eigenvalue weighted by Gasteiger charge is -2.35. The lowest BCUT2D eigenvalue weighted by Crippen LogP contribution is -2.53. The van der Waals surface area contributed by atoms with Gasteiger partial charge in [0.05, 0.1) is 44.2 Å². The molecule has 8 heterocycles. The molecule has 0 unspecified atom stereocenters. The van der Waals surface area contributed by atoms with Gasteiger partial charge in [0.1, 0.15) is 33.9 Å². The van der Waals surface area contributed by atoms with Crippen molar-refractivity contribution < 1.29 is 13.9 Å². The smallest absolute Gasteiger partial charge is 0.352 e. The second-order valence-corrected chi connectivity index (χ2v) is 16.5. The van der Waals surface area contributed by atoms with E-state index in [0.717, 1.165) is 68.2 Å². The van der Waals surface area contributed by atoms with Crippen molar-refractivity contribution in [2.75, 3.05) is 26.8 Å². The van der Waals surface area contributed by atoms with Crippen molar-refractivity contribution >= 4 is 54.4 Å². The molecular weight excluding hydrogens is 756 g/mol. The summed E-state index contributed by atoms with van der Waals surface area (Å²) in [6.07, 6.45) is 3.65. The predicted molar refractivity (Wildman–Crippen MR) is 214 cm³/mol. The van der Waals surface area contributed by atoms with Crippen molar-refractivity contribution in [3.05, 3.63) is 120 Å². The lowest BCUT2D eigenvalue weighted by atomic mass is 10.1. The second-order valence-electron chi connectivity index (χ2n) is 14.3. The van der Waals surface area contributed by atoms with Crippen molar-refractivity contribution in [1.82, 2.24) is 48.5 Å². The maximum Gasteiger partial charge on any atom is 0.352 e. The molecule has 0 amide bonds. The first-order valence-electron chi connectivity index (χ1n) is 18.4. The van der Waals surface area contributed by atoms with Crippen LogP contribution in [-0.4, -0.2) is 82.1 Å². The number of fused-ring (bicyclic) bond motifs is 8. The van der Waals surface area contributed by atoms with E-state index in [1.165, 1.54) is 44.3 Å². The molecular formula is C39H39FN10O4S2. The number of methoxy groups -OCH3 is 1. The number of thiophene rings is 2. The van der Waals surface area contributed by atoms with E-state index < -0.39 is 0 Å². The number of ether oxygens (including phenoxy) is 2. The Morgan fingerprint density at radius 2 is 1.46 bits per heavy atom. The minimum atomic E-state index is -0.295. The van der Waals surface area contributed by atoms with E-state index in [1.807, 2.05) is 24.3 Å². The van der Waals surface area contributed by atoms with E-state index in [0.29, 0.717) is 49.7 Å². The second kappa shape index (κ2) is 15.0. The highest BCUT2D eigenvalue weighted by molar-refractivity contribution is 7.19. The zero-order valence-corrected chi connectivity index (χ0v) is 32.6. The van der Waals surface area contributed by atoms with Crippen LogP contribution in [0, 0.1) is 5.82 Å². The summed E-state index contributed by atoms with van der Waals surface area (Å²) in [5.41, 5.74) is 3.87. The first kappa shape index (κ1) is 36.3. The van der Waals surface area contributed by atoms with Crippen LogP contribution >= 0.6 is 22.7 Å². The van der Waals surface area contributed by atoms with Crippen LogP contribution in [0.3, 0.4) is 0 Å². The van der Waals surface area contributed by atoms with Crippen LogP contribution < -0.4 is 21.4 Å². The van der Waals surface area contributed by atoms with Crippen molar-refractivity contribution in [3.63, 3.8) is 0 Å². The third-order valence-corrected chi connectivity index (χ3v) is 12.6. The number of nitrogens with one attached hydrogen (secondary N) is 1. The Labute approximate surface area is 327 Å². The number of halogens is 1. The van der Waals surface area contributed by atoms with Gasteiger partial charge in [0.2, 0.25) is 0 Å². The van der Waals surface area contributed by atoms with E-state index in [4.69, 9.17) is 9.47 Å². The van der Waals surface area contributed by atoms with Crippen LogP contribution in [0.5, 0.6) is 5.75 Å². The Hall–Kier alpha value is -5.33.